The second-order valence-corrected chi connectivity index (χ2v) is 9.65. The zero-order chi connectivity index (χ0) is 20.1. The summed E-state index contributed by atoms with van der Waals surface area (Å²) in [5, 5.41) is 11.2. The third kappa shape index (κ3) is 7.08. The number of rotatable bonds is 7. The first-order valence-corrected chi connectivity index (χ1v) is 11.3. The average Bonchev–Trinajstić information content (AvgIpc) is 2.55. The zero-order valence-electron chi connectivity index (χ0n) is 14.3. The lowest BCUT2D eigenvalue weighted by Crippen LogP contribution is -2.24. The van der Waals surface area contributed by atoms with Crippen LogP contribution in [0.4, 0.5) is 11.4 Å². The number of hydrogen-bond donors (Lipinski definition) is 2. The second-order valence-electron chi connectivity index (χ2n) is 5.84. The van der Waals surface area contributed by atoms with Crippen molar-refractivity contribution < 1.29 is 21.6 Å². The topological polar surface area (TPSA) is 133 Å². The lowest BCUT2D eigenvalue weighted by atomic mass is 10.2. The van der Waals surface area contributed by atoms with E-state index in [0.29, 0.717) is 22.5 Å². The predicted molar refractivity (Wildman–Crippen MR) is 102 cm³/mol. The Hall–Kier alpha value is -2.90. The van der Waals surface area contributed by atoms with Gasteiger partial charge in [0.2, 0.25) is 15.9 Å². The van der Waals surface area contributed by atoms with Crippen LogP contribution in [-0.2, 0) is 30.4 Å². The molecule has 0 aromatic heterocycles. The van der Waals surface area contributed by atoms with Crippen molar-refractivity contribution in [1.29, 1.82) is 5.26 Å². The van der Waals surface area contributed by atoms with Crippen molar-refractivity contribution in [2.24, 2.45) is 0 Å². The minimum absolute atomic E-state index is 0.316. The van der Waals surface area contributed by atoms with E-state index >= 15 is 0 Å². The van der Waals surface area contributed by atoms with Crippen LogP contribution in [0.15, 0.2) is 48.5 Å². The number of nitrogens with one attached hydrogen (secondary N) is 2. The van der Waals surface area contributed by atoms with Gasteiger partial charge in [-0.3, -0.25) is 9.52 Å². The maximum atomic E-state index is 12.2. The molecule has 8 nitrogen and oxygen atoms in total. The standard InChI is InChI=1S/C17H17N3O5S2/c1-26(22,23)20-16-8-6-15(7-9-16)19-17(21)12-27(24,25)11-14-4-2-13(10-18)3-5-14/h2-9,20H,11-12H2,1H3,(H,19,21). The Kier molecular flexibility index (Phi) is 6.20. The van der Waals surface area contributed by atoms with E-state index in [4.69, 9.17) is 5.26 Å². The van der Waals surface area contributed by atoms with E-state index in [-0.39, 0.29) is 5.75 Å². The monoisotopic (exact) mass is 407 g/mol. The zero-order valence-corrected chi connectivity index (χ0v) is 16.0. The van der Waals surface area contributed by atoms with E-state index in [1.54, 1.807) is 0 Å². The molecule has 2 aromatic rings. The maximum absolute atomic E-state index is 12.2. The second kappa shape index (κ2) is 8.20. The summed E-state index contributed by atoms with van der Waals surface area (Å²) in [7, 11) is -7.10. The highest BCUT2D eigenvalue weighted by molar-refractivity contribution is 7.92. The first kappa shape index (κ1) is 20.4. The highest BCUT2D eigenvalue weighted by Crippen LogP contribution is 2.15. The van der Waals surface area contributed by atoms with Crippen molar-refractivity contribution >= 4 is 37.1 Å². The van der Waals surface area contributed by atoms with Gasteiger partial charge in [-0.25, -0.2) is 16.8 Å². The molecule has 0 unspecified atom stereocenters. The summed E-state index contributed by atoms with van der Waals surface area (Å²) in [6.07, 6.45) is 1.02. The Morgan fingerprint density at radius 3 is 2.04 bits per heavy atom. The van der Waals surface area contributed by atoms with Gasteiger partial charge >= 0.3 is 0 Å². The Morgan fingerprint density at radius 2 is 1.52 bits per heavy atom. The SMILES string of the molecule is CS(=O)(=O)Nc1ccc(NC(=O)CS(=O)(=O)Cc2ccc(C#N)cc2)cc1. The van der Waals surface area contributed by atoms with Crippen LogP contribution in [0.2, 0.25) is 0 Å². The summed E-state index contributed by atoms with van der Waals surface area (Å²) in [5.74, 6) is -1.72. The molecule has 0 atom stereocenters. The van der Waals surface area contributed by atoms with Crippen LogP contribution in [-0.4, -0.2) is 34.8 Å². The normalized spacial score (nSPS) is 11.4. The van der Waals surface area contributed by atoms with Crippen LogP contribution in [0.3, 0.4) is 0 Å². The van der Waals surface area contributed by atoms with Gasteiger partial charge in [0.15, 0.2) is 9.84 Å². The van der Waals surface area contributed by atoms with Crippen molar-refractivity contribution in [1.82, 2.24) is 0 Å². The molecule has 27 heavy (non-hydrogen) atoms. The van der Waals surface area contributed by atoms with Gasteiger partial charge < -0.3 is 5.32 Å². The third-order valence-electron chi connectivity index (χ3n) is 3.29. The van der Waals surface area contributed by atoms with Gasteiger partial charge in [0, 0.05) is 11.4 Å². The molecule has 0 saturated carbocycles. The quantitative estimate of drug-likeness (QED) is 0.714. The van der Waals surface area contributed by atoms with Crippen LogP contribution in [0.1, 0.15) is 11.1 Å². The van der Waals surface area contributed by atoms with Crippen LogP contribution < -0.4 is 10.0 Å². The molecular formula is C17H17N3O5S2. The lowest BCUT2D eigenvalue weighted by molar-refractivity contribution is -0.113. The van der Waals surface area contributed by atoms with E-state index in [9.17, 15) is 21.6 Å². The van der Waals surface area contributed by atoms with E-state index in [1.807, 2.05) is 6.07 Å². The fourth-order valence-electron chi connectivity index (χ4n) is 2.21. The summed E-state index contributed by atoms with van der Waals surface area (Å²) < 4.78 is 48.9. The van der Waals surface area contributed by atoms with Crippen LogP contribution in [0, 0.1) is 11.3 Å². The van der Waals surface area contributed by atoms with Gasteiger partial charge in [-0.05, 0) is 42.0 Å². The third-order valence-corrected chi connectivity index (χ3v) is 5.37. The van der Waals surface area contributed by atoms with E-state index in [0.717, 1.165) is 6.26 Å². The van der Waals surface area contributed by atoms with Gasteiger partial charge in [-0.15, -0.1) is 0 Å². The molecule has 142 valence electrons. The first-order chi connectivity index (χ1) is 12.6. The molecule has 2 N–H and O–H groups in total. The number of nitrogens with zero attached hydrogens (tertiary/aromatic N) is 1. The van der Waals surface area contributed by atoms with Gasteiger partial charge in [-0.1, -0.05) is 12.1 Å². The molecule has 0 saturated heterocycles. The van der Waals surface area contributed by atoms with Crippen molar-refractivity contribution in [3.63, 3.8) is 0 Å². The fraction of sp³-hybridized carbons (Fsp3) is 0.176. The van der Waals surface area contributed by atoms with Crippen molar-refractivity contribution in [2.45, 2.75) is 5.75 Å². The van der Waals surface area contributed by atoms with E-state index in [1.165, 1.54) is 48.5 Å². The molecule has 1 amide bonds. The molecular weight excluding hydrogens is 390 g/mol. The highest BCUT2D eigenvalue weighted by Gasteiger charge is 2.17. The largest absolute Gasteiger partial charge is 0.325 e. The summed E-state index contributed by atoms with van der Waals surface area (Å²) in [5.41, 5.74) is 1.57. The molecule has 0 aliphatic rings. The van der Waals surface area contributed by atoms with Gasteiger partial charge in [-0.2, -0.15) is 5.26 Å². The molecule has 0 aliphatic heterocycles. The smallest absolute Gasteiger partial charge is 0.239 e. The van der Waals surface area contributed by atoms with Crippen molar-refractivity contribution in [2.75, 3.05) is 22.0 Å². The number of carbonyl (C=O) groups excluding carboxylic acids is 1. The summed E-state index contributed by atoms with van der Waals surface area (Å²) >= 11 is 0. The minimum atomic E-state index is -3.69. The molecule has 0 fully saturated rings. The number of amides is 1. The molecule has 0 radical (unpaired) electrons. The summed E-state index contributed by atoms with van der Waals surface area (Å²) in [4.78, 5) is 12.0. The van der Waals surface area contributed by atoms with Gasteiger partial charge in [0.1, 0.15) is 5.75 Å². The summed E-state index contributed by atoms with van der Waals surface area (Å²) in [6, 6.07) is 13.8. The Balaban J connectivity index is 1.96. The number of anilines is 2. The van der Waals surface area contributed by atoms with Crippen molar-refractivity contribution in [3.8, 4) is 6.07 Å². The fourth-order valence-corrected chi connectivity index (χ4v) is 4.05. The van der Waals surface area contributed by atoms with Gasteiger partial charge in [0.25, 0.3) is 0 Å². The maximum Gasteiger partial charge on any atom is 0.239 e. The van der Waals surface area contributed by atoms with Crippen molar-refractivity contribution in [3.05, 3.63) is 59.7 Å². The molecule has 0 spiro atoms. The number of carbonyl (C=O) groups is 1. The number of nitriles is 1. The summed E-state index contributed by atoms with van der Waals surface area (Å²) in [6.45, 7) is 0. The first-order valence-electron chi connectivity index (χ1n) is 7.63. The number of sulfone groups is 1. The molecule has 2 aromatic carbocycles. The lowest BCUT2D eigenvalue weighted by Gasteiger charge is -2.08. The molecule has 10 heteroatoms. The Morgan fingerprint density at radius 1 is 0.963 bits per heavy atom. The molecule has 2 rings (SSSR count). The highest BCUT2D eigenvalue weighted by atomic mass is 32.2. The van der Waals surface area contributed by atoms with Crippen LogP contribution in [0.25, 0.3) is 0 Å². The van der Waals surface area contributed by atoms with Crippen LogP contribution >= 0.6 is 0 Å². The predicted octanol–water partition coefficient (Wildman–Crippen LogP) is 1.48. The van der Waals surface area contributed by atoms with E-state index in [2.05, 4.69) is 10.0 Å². The average molecular weight is 407 g/mol. The number of sulfonamides is 1. The molecule has 0 aliphatic carbocycles. The van der Waals surface area contributed by atoms with Crippen LogP contribution in [0.5, 0.6) is 0 Å². The van der Waals surface area contributed by atoms with E-state index < -0.39 is 31.5 Å². The van der Waals surface area contributed by atoms with Gasteiger partial charge in [0.05, 0.1) is 23.6 Å². The minimum Gasteiger partial charge on any atom is -0.325 e. The Labute approximate surface area is 157 Å². The molecule has 0 heterocycles. The number of hydrogen-bond acceptors (Lipinski definition) is 6. The number of benzene rings is 2. The molecule has 0 bridgehead atoms. The Bertz CT molecular complexity index is 1070.